The summed E-state index contributed by atoms with van der Waals surface area (Å²) < 4.78 is 5.14. The zero-order chi connectivity index (χ0) is 10.7. The second kappa shape index (κ2) is 4.71. The van der Waals surface area contributed by atoms with E-state index >= 15 is 0 Å². The third kappa shape index (κ3) is 2.66. The van der Waals surface area contributed by atoms with Crippen LogP contribution in [0, 0.1) is 13.8 Å². The molecule has 0 saturated heterocycles. The predicted molar refractivity (Wildman–Crippen MR) is 56.7 cm³/mol. The number of aryl methyl sites for hydroxylation is 1. The van der Waals surface area contributed by atoms with Gasteiger partial charge in [-0.3, -0.25) is 0 Å². The van der Waals surface area contributed by atoms with Crippen LogP contribution in [0.2, 0.25) is 5.15 Å². The van der Waals surface area contributed by atoms with Gasteiger partial charge >= 0.3 is 0 Å². The molecule has 0 fully saturated rings. The molecule has 14 heavy (non-hydrogen) atoms. The number of methoxy groups -OCH3 is 1. The van der Waals surface area contributed by atoms with Gasteiger partial charge in [-0.1, -0.05) is 11.6 Å². The summed E-state index contributed by atoms with van der Waals surface area (Å²) in [7, 11) is 1.67. The van der Waals surface area contributed by atoms with E-state index in [4.69, 9.17) is 16.3 Å². The van der Waals surface area contributed by atoms with Crippen molar-refractivity contribution in [3.63, 3.8) is 0 Å². The summed E-state index contributed by atoms with van der Waals surface area (Å²) in [6, 6.07) is 0. The highest BCUT2D eigenvalue weighted by molar-refractivity contribution is 6.30. The maximum Gasteiger partial charge on any atom is 0.135 e. The first kappa shape index (κ1) is 11.4. The zero-order valence-corrected chi connectivity index (χ0v) is 9.72. The molecular weight excluding hydrogens is 200 g/mol. The molecule has 0 aliphatic heterocycles. The first-order valence-corrected chi connectivity index (χ1v) is 4.94. The molecule has 1 unspecified atom stereocenters. The fraction of sp³-hybridized carbons (Fsp3) is 0.600. The van der Waals surface area contributed by atoms with Gasteiger partial charge in [0.05, 0.1) is 6.10 Å². The minimum Gasteiger partial charge on any atom is -0.381 e. The van der Waals surface area contributed by atoms with E-state index in [0.29, 0.717) is 11.6 Å². The molecule has 4 heteroatoms. The van der Waals surface area contributed by atoms with Crippen molar-refractivity contribution in [1.29, 1.82) is 0 Å². The van der Waals surface area contributed by atoms with Crippen LogP contribution >= 0.6 is 11.6 Å². The van der Waals surface area contributed by atoms with Crippen LogP contribution in [0.5, 0.6) is 0 Å². The van der Waals surface area contributed by atoms with Gasteiger partial charge in [0, 0.05) is 24.8 Å². The van der Waals surface area contributed by atoms with E-state index in [0.717, 1.165) is 17.1 Å². The molecule has 0 aliphatic rings. The van der Waals surface area contributed by atoms with E-state index in [1.54, 1.807) is 7.11 Å². The highest BCUT2D eigenvalue weighted by atomic mass is 35.5. The average Bonchev–Trinajstić information content (AvgIpc) is 2.14. The van der Waals surface area contributed by atoms with Gasteiger partial charge < -0.3 is 4.74 Å². The first-order chi connectivity index (χ1) is 6.54. The van der Waals surface area contributed by atoms with E-state index in [-0.39, 0.29) is 6.10 Å². The zero-order valence-electron chi connectivity index (χ0n) is 8.97. The Morgan fingerprint density at radius 2 is 2.00 bits per heavy atom. The van der Waals surface area contributed by atoms with Gasteiger partial charge in [-0.25, -0.2) is 9.97 Å². The fourth-order valence-electron chi connectivity index (χ4n) is 1.08. The van der Waals surface area contributed by atoms with Crippen molar-refractivity contribution in [3.05, 3.63) is 22.2 Å². The molecule has 0 radical (unpaired) electrons. The Bertz CT molecular complexity index is 305. The summed E-state index contributed by atoms with van der Waals surface area (Å²) in [5, 5.41) is 0.538. The molecule has 0 spiro atoms. The Morgan fingerprint density at radius 1 is 1.36 bits per heavy atom. The molecule has 0 saturated carbocycles. The van der Waals surface area contributed by atoms with E-state index in [1.807, 2.05) is 20.8 Å². The third-order valence-electron chi connectivity index (χ3n) is 2.25. The van der Waals surface area contributed by atoms with Crippen LogP contribution in [0.25, 0.3) is 0 Å². The van der Waals surface area contributed by atoms with Crippen LogP contribution in [-0.2, 0) is 11.2 Å². The smallest absolute Gasteiger partial charge is 0.135 e. The van der Waals surface area contributed by atoms with Crippen molar-refractivity contribution in [2.24, 2.45) is 0 Å². The van der Waals surface area contributed by atoms with Gasteiger partial charge in [0.1, 0.15) is 11.0 Å². The number of nitrogens with zero attached hydrogens (tertiary/aromatic N) is 2. The molecule has 1 aromatic heterocycles. The highest BCUT2D eigenvalue weighted by Crippen LogP contribution is 2.15. The van der Waals surface area contributed by atoms with Gasteiger partial charge in [0.15, 0.2) is 0 Å². The van der Waals surface area contributed by atoms with Gasteiger partial charge in [0.25, 0.3) is 0 Å². The minimum absolute atomic E-state index is 0.119. The molecule has 0 aliphatic carbocycles. The Balaban J connectivity index is 2.89. The molecule has 0 bridgehead atoms. The Hall–Kier alpha value is -0.670. The number of hydrogen-bond donors (Lipinski definition) is 0. The topological polar surface area (TPSA) is 35.0 Å². The Kier molecular flexibility index (Phi) is 3.84. The molecule has 78 valence electrons. The second-order valence-electron chi connectivity index (χ2n) is 3.39. The average molecular weight is 215 g/mol. The molecular formula is C10H15ClN2O. The molecule has 3 nitrogen and oxygen atoms in total. The van der Waals surface area contributed by atoms with Crippen molar-refractivity contribution >= 4 is 11.6 Å². The number of rotatable bonds is 3. The summed E-state index contributed by atoms with van der Waals surface area (Å²) in [5.74, 6) is 0.743. The summed E-state index contributed by atoms with van der Waals surface area (Å²) >= 11 is 5.95. The van der Waals surface area contributed by atoms with Crippen molar-refractivity contribution in [1.82, 2.24) is 9.97 Å². The van der Waals surface area contributed by atoms with Gasteiger partial charge in [0.2, 0.25) is 0 Å². The molecule has 1 rings (SSSR count). The quantitative estimate of drug-likeness (QED) is 0.725. The third-order valence-corrected chi connectivity index (χ3v) is 2.62. The summed E-state index contributed by atoms with van der Waals surface area (Å²) in [6.45, 7) is 5.83. The highest BCUT2D eigenvalue weighted by Gasteiger charge is 2.08. The SMILES string of the molecule is COC(C)Cc1nc(C)c(C)c(Cl)n1. The maximum absolute atomic E-state index is 5.95. The minimum atomic E-state index is 0.119. The van der Waals surface area contributed by atoms with Crippen molar-refractivity contribution in [3.8, 4) is 0 Å². The van der Waals surface area contributed by atoms with Crippen molar-refractivity contribution in [2.45, 2.75) is 33.3 Å². The van der Waals surface area contributed by atoms with Gasteiger partial charge in [-0.15, -0.1) is 0 Å². The van der Waals surface area contributed by atoms with Crippen molar-refractivity contribution < 1.29 is 4.74 Å². The Labute approximate surface area is 89.5 Å². The molecule has 1 atom stereocenters. The lowest BCUT2D eigenvalue weighted by Gasteiger charge is -2.09. The first-order valence-electron chi connectivity index (χ1n) is 4.57. The molecule has 1 heterocycles. The predicted octanol–water partition coefficient (Wildman–Crippen LogP) is 2.32. The van der Waals surface area contributed by atoms with Crippen LogP contribution in [0.3, 0.4) is 0 Å². The second-order valence-corrected chi connectivity index (χ2v) is 3.75. The largest absolute Gasteiger partial charge is 0.381 e. The lowest BCUT2D eigenvalue weighted by Crippen LogP contribution is -2.12. The lowest BCUT2D eigenvalue weighted by atomic mass is 10.2. The van der Waals surface area contributed by atoms with Crippen LogP contribution < -0.4 is 0 Å². The van der Waals surface area contributed by atoms with Crippen LogP contribution in [-0.4, -0.2) is 23.2 Å². The van der Waals surface area contributed by atoms with E-state index in [9.17, 15) is 0 Å². The van der Waals surface area contributed by atoms with Gasteiger partial charge in [-0.2, -0.15) is 0 Å². The standard InChI is InChI=1S/C10H15ClN2O/c1-6(14-4)5-9-12-8(3)7(2)10(11)13-9/h6H,5H2,1-4H3. The molecule has 0 aromatic carbocycles. The number of aromatic nitrogens is 2. The molecule has 1 aromatic rings. The number of halogens is 1. The maximum atomic E-state index is 5.95. The summed E-state index contributed by atoms with van der Waals surface area (Å²) in [4.78, 5) is 8.54. The van der Waals surface area contributed by atoms with E-state index < -0.39 is 0 Å². The van der Waals surface area contributed by atoms with Crippen LogP contribution in [0.1, 0.15) is 24.0 Å². The van der Waals surface area contributed by atoms with Crippen molar-refractivity contribution in [2.75, 3.05) is 7.11 Å². The molecule has 0 amide bonds. The fourth-order valence-corrected chi connectivity index (χ4v) is 1.31. The van der Waals surface area contributed by atoms with Crippen LogP contribution in [0.15, 0.2) is 0 Å². The number of ether oxygens (including phenoxy) is 1. The summed E-state index contributed by atoms with van der Waals surface area (Å²) in [5.41, 5.74) is 1.88. The molecule has 0 N–H and O–H groups in total. The summed E-state index contributed by atoms with van der Waals surface area (Å²) in [6.07, 6.45) is 0.810. The monoisotopic (exact) mass is 214 g/mol. The van der Waals surface area contributed by atoms with Gasteiger partial charge in [-0.05, 0) is 20.8 Å². The lowest BCUT2D eigenvalue weighted by molar-refractivity contribution is 0.117. The van der Waals surface area contributed by atoms with Crippen LogP contribution in [0.4, 0.5) is 0 Å². The Morgan fingerprint density at radius 3 is 2.50 bits per heavy atom. The number of hydrogen-bond acceptors (Lipinski definition) is 3. The van der Waals surface area contributed by atoms with E-state index in [2.05, 4.69) is 9.97 Å². The normalized spacial score (nSPS) is 12.9. The van der Waals surface area contributed by atoms with E-state index in [1.165, 1.54) is 0 Å².